The number of aryl methyl sites for hydroxylation is 1. The van der Waals surface area contributed by atoms with Crippen molar-refractivity contribution in [1.82, 2.24) is 14.9 Å². The standard InChI is InChI=1S/C30H38ClN3O3S/c1-4-5-10-27-33-28(31)26(17-32-29(35)23(19-38)14-11-20(2)3)34(27)18-21-12-15-22(16-13-21)24-8-6-7-9-25(24)30(36)37/h6-9,12-13,15-16,20,23,38H,4-5,10-11,14,17-19H2,1-3H3,(H,32,35)(H,36,37). The van der Waals surface area contributed by atoms with Gasteiger partial charge in [-0.25, -0.2) is 9.78 Å². The van der Waals surface area contributed by atoms with Crippen LogP contribution in [0.25, 0.3) is 11.1 Å². The van der Waals surface area contributed by atoms with Gasteiger partial charge in [0, 0.05) is 24.6 Å². The zero-order chi connectivity index (χ0) is 27.7. The molecule has 1 heterocycles. The van der Waals surface area contributed by atoms with Gasteiger partial charge in [-0.2, -0.15) is 12.6 Å². The summed E-state index contributed by atoms with van der Waals surface area (Å²) in [5, 5.41) is 13.0. The van der Waals surface area contributed by atoms with Crippen LogP contribution in [0.2, 0.25) is 5.15 Å². The molecule has 0 fully saturated rings. The molecule has 2 aromatic carbocycles. The van der Waals surface area contributed by atoms with E-state index in [2.05, 4.69) is 48.3 Å². The Morgan fingerprint density at radius 3 is 2.45 bits per heavy atom. The maximum atomic E-state index is 12.9. The van der Waals surface area contributed by atoms with Gasteiger partial charge in [0.05, 0.1) is 17.8 Å². The number of benzene rings is 2. The van der Waals surface area contributed by atoms with Crippen molar-refractivity contribution in [3.05, 3.63) is 76.3 Å². The summed E-state index contributed by atoms with van der Waals surface area (Å²) in [5.74, 6) is 0.829. The van der Waals surface area contributed by atoms with Gasteiger partial charge >= 0.3 is 5.97 Å². The van der Waals surface area contributed by atoms with Gasteiger partial charge in [0.2, 0.25) is 5.91 Å². The third kappa shape index (κ3) is 7.87. The fourth-order valence-corrected chi connectivity index (χ4v) is 5.05. The molecule has 0 aliphatic rings. The van der Waals surface area contributed by atoms with Crippen LogP contribution in [0.3, 0.4) is 0 Å². The molecule has 0 spiro atoms. The van der Waals surface area contributed by atoms with E-state index in [-0.39, 0.29) is 17.4 Å². The minimum atomic E-state index is -0.950. The second-order valence-electron chi connectivity index (χ2n) is 10.1. The highest BCUT2D eigenvalue weighted by atomic mass is 35.5. The molecule has 1 unspecified atom stereocenters. The fraction of sp³-hybridized carbons (Fsp3) is 0.433. The Balaban J connectivity index is 1.82. The summed E-state index contributed by atoms with van der Waals surface area (Å²) in [6, 6.07) is 14.9. The van der Waals surface area contributed by atoms with Crippen LogP contribution in [-0.4, -0.2) is 32.3 Å². The molecule has 0 aliphatic carbocycles. The third-order valence-electron chi connectivity index (χ3n) is 6.73. The molecule has 38 heavy (non-hydrogen) atoms. The number of halogens is 1. The minimum Gasteiger partial charge on any atom is -0.478 e. The van der Waals surface area contributed by atoms with E-state index in [1.54, 1.807) is 12.1 Å². The van der Waals surface area contributed by atoms with Crippen molar-refractivity contribution in [2.45, 2.75) is 66.0 Å². The van der Waals surface area contributed by atoms with Crippen molar-refractivity contribution in [2.24, 2.45) is 11.8 Å². The lowest BCUT2D eigenvalue weighted by Crippen LogP contribution is -2.32. The van der Waals surface area contributed by atoms with E-state index in [1.165, 1.54) is 0 Å². The summed E-state index contributed by atoms with van der Waals surface area (Å²) < 4.78 is 2.10. The molecular formula is C30H38ClN3O3S. The first-order chi connectivity index (χ1) is 18.2. The number of hydrogen-bond donors (Lipinski definition) is 3. The average Bonchev–Trinajstić information content (AvgIpc) is 3.20. The van der Waals surface area contributed by atoms with E-state index in [0.29, 0.717) is 35.5 Å². The lowest BCUT2D eigenvalue weighted by atomic mass is 9.98. The molecule has 3 rings (SSSR count). The van der Waals surface area contributed by atoms with Crippen LogP contribution in [0.5, 0.6) is 0 Å². The van der Waals surface area contributed by atoms with Crippen LogP contribution in [0.4, 0.5) is 0 Å². The van der Waals surface area contributed by atoms with Crippen LogP contribution < -0.4 is 5.32 Å². The quantitative estimate of drug-likeness (QED) is 0.189. The largest absolute Gasteiger partial charge is 0.478 e. The first kappa shape index (κ1) is 29.8. The molecule has 2 N–H and O–H groups in total. The summed E-state index contributed by atoms with van der Waals surface area (Å²) in [6.45, 7) is 7.29. The molecule has 0 radical (unpaired) electrons. The van der Waals surface area contributed by atoms with Gasteiger partial charge in [0.15, 0.2) is 5.15 Å². The second kappa shape index (κ2) is 14.4. The van der Waals surface area contributed by atoms with Crippen LogP contribution >= 0.6 is 24.2 Å². The number of aromatic nitrogens is 2. The van der Waals surface area contributed by atoms with E-state index >= 15 is 0 Å². The number of carbonyl (C=O) groups is 2. The van der Waals surface area contributed by atoms with Crippen LogP contribution in [0, 0.1) is 11.8 Å². The Kier molecular flexibility index (Phi) is 11.3. The van der Waals surface area contributed by atoms with Crippen molar-refractivity contribution in [3.8, 4) is 11.1 Å². The predicted molar refractivity (Wildman–Crippen MR) is 157 cm³/mol. The maximum absolute atomic E-state index is 12.9. The van der Waals surface area contributed by atoms with Gasteiger partial charge in [0.1, 0.15) is 5.82 Å². The summed E-state index contributed by atoms with van der Waals surface area (Å²) in [6.07, 6.45) is 4.60. The number of hydrogen-bond acceptors (Lipinski definition) is 4. The monoisotopic (exact) mass is 555 g/mol. The minimum absolute atomic E-state index is 0.0129. The molecular weight excluding hydrogens is 518 g/mol. The maximum Gasteiger partial charge on any atom is 0.336 e. The van der Waals surface area contributed by atoms with Crippen molar-refractivity contribution < 1.29 is 14.7 Å². The number of thiol groups is 1. The number of unbranched alkanes of at least 4 members (excludes halogenated alkanes) is 1. The lowest BCUT2D eigenvalue weighted by molar-refractivity contribution is -0.124. The second-order valence-corrected chi connectivity index (χ2v) is 10.8. The number of amides is 1. The van der Waals surface area contributed by atoms with E-state index in [1.807, 2.05) is 36.4 Å². The number of carboxylic acid groups (broad SMARTS) is 1. The number of aromatic carboxylic acids is 1. The van der Waals surface area contributed by atoms with Crippen molar-refractivity contribution in [3.63, 3.8) is 0 Å². The van der Waals surface area contributed by atoms with Crippen LogP contribution in [0.15, 0.2) is 48.5 Å². The van der Waals surface area contributed by atoms with Gasteiger partial charge in [-0.1, -0.05) is 87.7 Å². The smallest absolute Gasteiger partial charge is 0.336 e. The molecule has 3 aromatic rings. The lowest BCUT2D eigenvalue weighted by Gasteiger charge is -2.17. The summed E-state index contributed by atoms with van der Waals surface area (Å²) in [4.78, 5) is 29.2. The molecule has 0 aliphatic heterocycles. The van der Waals surface area contributed by atoms with Gasteiger partial charge in [0.25, 0.3) is 0 Å². The fourth-order valence-electron chi connectivity index (χ4n) is 4.43. The summed E-state index contributed by atoms with van der Waals surface area (Å²) >= 11 is 11.0. The average molecular weight is 556 g/mol. The Hall–Kier alpha value is -2.77. The van der Waals surface area contributed by atoms with E-state index < -0.39 is 5.97 Å². The zero-order valence-corrected chi connectivity index (χ0v) is 24.1. The number of carboxylic acids is 1. The normalized spacial score (nSPS) is 12.1. The molecule has 8 heteroatoms. The molecule has 6 nitrogen and oxygen atoms in total. The first-order valence-electron chi connectivity index (χ1n) is 13.3. The zero-order valence-electron chi connectivity index (χ0n) is 22.4. The Morgan fingerprint density at radius 1 is 1.11 bits per heavy atom. The number of rotatable bonds is 14. The highest BCUT2D eigenvalue weighted by Gasteiger charge is 2.21. The molecule has 0 saturated carbocycles. The van der Waals surface area contributed by atoms with E-state index in [0.717, 1.165) is 54.7 Å². The van der Waals surface area contributed by atoms with Gasteiger partial charge in [-0.05, 0) is 41.5 Å². The summed E-state index contributed by atoms with van der Waals surface area (Å²) in [5.41, 5.74) is 3.61. The van der Waals surface area contributed by atoms with Crippen molar-refractivity contribution >= 4 is 36.1 Å². The number of carbonyl (C=O) groups excluding carboxylic acids is 1. The Labute approximate surface area is 236 Å². The molecule has 1 aromatic heterocycles. The topological polar surface area (TPSA) is 84.2 Å². The number of nitrogens with zero attached hydrogens (tertiary/aromatic N) is 2. The van der Waals surface area contributed by atoms with Crippen LogP contribution in [-0.2, 0) is 24.3 Å². The highest BCUT2D eigenvalue weighted by Crippen LogP contribution is 2.26. The predicted octanol–water partition coefficient (Wildman–Crippen LogP) is 6.89. The highest BCUT2D eigenvalue weighted by molar-refractivity contribution is 7.80. The molecule has 1 atom stereocenters. The van der Waals surface area contributed by atoms with Crippen LogP contribution in [0.1, 0.15) is 73.9 Å². The first-order valence-corrected chi connectivity index (χ1v) is 14.3. The summed E-state index contributed by atoms with van der Waals surface area (Å²) in [7, 11) is 0. The van der Waals surface area contributed by atoms with E-state index in [4.69, 9.17) is 11.6 Å². The van der Waals surface area contributed by atoms with Crippen molar-refractivity contribution in [1.29, 1.82) is 0 Å². The van der Waals surface area contributed by atoms with Gasteiger partial charge in [-0.15, -0.1) is 0 Å². The van der Waals surface area contributed by atoms with Crippen molar-refractivity contribution in [2.75, 3.05) is 5.75 Å². The molecule has 0 bridgehead atoms. The Morgan fingerprint density at radius 2 is 1.82 bits per heavy atom. The molecule has 204 valence electrons. The molecule has 0 saturated heterocycles. The number of nitrogens with one attached hydrogen (secondary N) is 1. The third-order valence-corrected chi connectivity index (χ3v) is 7.48. The van der Waals surface area contributed by atoms with E-state index in [9.17, 15) is 14.7 Å². The van der Waals surface area contributed by atoms with Gasteiger partial charge in [-0.3, -0.25) is 4.79 Å². The molecule has 1 amide bonds. The van der Waals surface area contributed by atoms with Gasteiger partial charge < -0.3 is 15.0 Å². The number of imidazole rings is 1. The Bertz CT molecular complexity index is 1220. The SMILES string of the molecule is CCCCc1nc(Cl)c(CNC(=O)C(CS)CCC(C)C)n1Cc1ccc(-c2ccccc2C(=O)O)cc1.